The van der Waals surface area contributed by atoms with Gasteiger partial charge in [0.05, 0.1) is 0 Å². The SMILES string of the molecule is Cc1[nH]c2ccccc2c1C(=O)[C@@H](C)OC(=O)CCc1c[nH]c2ccccc12. The summed E-state index contributed by atoms with van der Waals surface area (Å²) in [5.74, 6) is -0.556. The lowest BCUT2D eigenvalue weighted by molar-refractivity contribution is -0.146. The number of carbonyl (C=O) groups is 2. The summed E-state index contributed by atoms with van der Waals surface area (Å²) in [6, 6.07) is 15.6. The maximum Gasteiger partial charge on any atom is 0.306 e. The molecule has 0 spiro atoms. The number of aromatic amines is 2. The van der Waals surface area contributed by atoms with Gasteiger partial charge in [-0.3, -0.25) is 9.59 Å². The number of nitrogens with one attached hydrogen (secondary N) is 2. The Kier molecular flexibility index (Phi) is 4.74. The van der Waals surface area contributed by atoms with E-state index in [-0.39, 0.29) is 18.2 Å². The molecule has 0 bridgehead atoms. The van der Waals surface area contributed by atoms with Crippen molar-refractivity contribution in [2.24, 2.45) is 0 Å². The number of carbonyl (C=O) groups excluding carboxylic acids is 2. The molecule has 1 atom stereocenters. The third-order valence-electron chi connectivity index (χ3n) is 5.09. The zero-order valence-electron chi connectivity index (χ0n) is 15.9. The van der Waals surface area contributed by atoms with Crippen molar-refractivity contribution in [1.29, 1.82) is 0 Å². The fourth-order valence-corrected chi connectivity index (χ4v) is 3.68. The molecule has 2 aromatic carbocycles. The summed E-state index contributed by atoms with van der Waals surface area (Å²) in [7, 11) is 0. The molecule has 4 rings (SSSR count). The van der Waals surface area contributed by atoms with Crippen LogP contribution in [0.5, 0.6) is 0 Å². The molecule has 2 aromatic heterocycles. The van der Waals surface area contributed by atoms with Gasteiger partial charge in [-0.05, 0) is 38.0 Å². The van der Waals surface area contributed by atoms with Gasteiger partial charge in [0, 0.05) is 45.7 Å². The van der Waals surface area contributed by atoms with Crippen LogP contribution in [0.15, 0.2) is 54.7 Å². The molecule has 5 nitrogen and oxygen atoms in total. The van der Waals surface area contributed by atoms with Crippen molar-refractivity contribution in [3.63, 3.8) is 0 Å². The lowest BCUT2D eigenvalue weighted by Crippen LogP contribution is -2.25. The number of ketones is 1. The minimum absolute atomic E-state index is 0.185. The van der Waals surface area contributed by atoms with Gasteiger partial charge in [0.25, 0.3) is 0 Å². The van der Waals surface area contributed by atoms with E-state index in [1.165, 1.54) is 0 Å². The fraction of sp³-hybridized carbons (Fsp3) is 0.217. The molecule has 0 saturated heterocycles. The number of para-hydroxylation sites is 2. The van der Waals surface area contributed by atoms with Crippen LogP contribution >= 0.6 is 0 Å². The third kappa shape index (κ3) is 3.31. The van der Waals surface area contributed by atoms with Crippen LogP contribution in [0.4, 0.5) is 0 Å². The van der Waals surface area contributed by atoms with Gasteiger partial charge >= 0.3 is 5.97 Å². The monoisotopic (exact) mass is 374 g/mol. The summed E-state index contributed by atoms with van der Waals surface area (Å²) < 4.78 is 5.44. The summed E-state index contributed by atoms with van der Waals surface area (Å²) in [4.78, 5) is 31.6. The van der Waals surface area contributed by atoms with Gasteiger partial charge in [-0.2, -0.15) is 0 Å². The Morgan fingerprint density at radius 1 is 1.00 bits per heavy atom. The summed E-state index contributed by atoms with van der Waals surface area (Å²) in [6.45, 7) is 3.49. The summed E-state index contributed by atoms with van der Waals surface area (Å²) in [5.41, 5.74) is 4.39. The van der Waals surface area contributed by atoms with Crippen LogP contribution in [0.25, 0.3) is 21.8 Å². The Labute approximate surface area is 162 Å². The molecule has 4 aromatic rings. The van der Waals surface area contributed by atoms with Crippen LogP contribution < -0.4 is 0 Å². The van der Waals surface area contributed by atoms with E-state index in [9.17, 15) is 9.59 Å². The highest BCUT2D eigenvalue weighted by atomic mass is 16.5. The van der Waals surface area contributed by atoms with Crippen molar-refractivity contribution in [2.45, 2.75) is 32.8 Å². The van der Waals surface area contributed by atoms with Crippen molar-refractivity contribution >= 4 is 33.6 Å². The Bertz CT molecular complexity index is 1170. The van der Waals surface area contributed by atoms with E-state index in [2.05, 4.69) is 9.97 Å². The number of hydrogen-bond donors (Lipinski definition) is 2. The maximum absolute atomic E-state index is 12.9. The van der Waals surface area contributed by atoms with Crippen LogP contribution in [-0.2, 0) is 16.0 Å². The molecule has 5 heteroatoms. The van der Waals surface area contributed by atoms with Crippen molar-refractivity contribution in [3.05, 3.63) is 71.5 Å². The normalized spacial score (nSPS) is 12.4. The largest absolute Gasteiger partial charge is 0.454 e. The zero-order valence-corrected chi connectivity index (χ0v) is 15.9. The van der Waals surface area contributed by atoms with Gasteiger partial charge in [-0.25, -0.2) is 0 Å². The first-order chi connectivity index (χ1) is 13.5. The van der Waals surface area contributed by atoms with Crippen molar-refractivity contribution in [2.75, 3.05) is 0 Å². The summed E-state index contributed by atoms with van der Waals surface area (Å²) in [6.07, 6.45) is 1.89. The molecule has 0 aliphatic rings. The van der Waals surface area contributed by atoms with E-state index in [0.717, 1.165) is 33.1 Å². The second-order valence-corrected chi connectivity index (χ2v) is 7.03. The number of fused-ring (bicyclic) bond motifs is 2. The average Bonchev–Trinajstić information content (AvgIpc) is 3.25. The van der Waals surface area contributed by atoms with Crippen LogP contribution in [0.3, 0.4) is 0 Å². The number of aromatic nitrogens is 2. The maximum atomic E-state index is 12.9. The van der Waals surface area contributed by atoms with Gasteiger partial charge in [-0.15, -0.1) is 0 Å². The molecule has 28 heavy (non-hydrogen) atoms. The first kappa shape index (κ1) is 18.0. The molecule has 2 heterocycles. The molecule has 142 valence electrons. The molecule has 0 fully saturated rings. The van der Waals surface area contributed by atoms with Gasteiger partial charge in [-0.1, -0.05) is 36.4 Å². The Balaban J connectivity index is 1.42. The average molecular weight is 374 g/mol. The Hall–Kier alpha value is -3.34. The number of rotatable bonds is 6. The number of ether oxygens (including phenoxy) is 1. The predicted molar refractivity (Wildman–Crippen MR) is 110 cm³/mol. The number of hydrogen-bond acceptors (Lipinski definition) is 3. The van der Waals surface area contributed by atoms with E-state index in [4.69, 9.17) is 4.74 Å². The summed E-state index contributed by atoms with van der Waals surface area (Å²) in [5, 5.41) is 1.96. The van der Waals surface area contributed by atoms with Crippen LogP contribution in [0.2, 0.25) is 0 Å². The van der Waals surface area contributed by atoms with Crippen molar-refractivity contribution in [1.82, 2.24) is 9.97 Å². The topological polar surface area (TPSA) is 75.0 Å². The lowest BCUT2D eigenvalue weighted by atomic mass is 10.0. The molecule has 0 unspecified atom stereocenters. The molecule has 0 amide bonds. The van der Waals surface area contributed by atoms with Crippen LogP contribution in [0, 0.1) is 6.92 Å². The zero-order chi connectivity index (χ0) is 19.7. The highest BCUT2D eigenvalue weighted by Gasteiger charge is 2.24. The van der Waals surface area contributed by atoms with Crippen molar-refractivity contribution < 1.29 is 14.3 Å². The van der Waals surface area contributed by atoms with Gasteiger partial charge < -0.3 is 14.7 Å². The molecule has 0 saturated carbocycles. The van der Waals surface area contributed by atoms with Gasteiger partial charge in [0.2, 0.25) is 5.78 Å². The van der Waals surface area contributed by atoms with Crippen LogP contribution in [-0.4, -0.2) is 27.8 Å². The van der Waals surface area contributed by atoms with E-state index >= 15 is 0 Å². The molecule has 0 radical (unpaired) electrons. The number of aryl methyl sites for hydroxylation is 2. The minimum atomic E-state index is -0.826. The highest BCUT2D eigenvalue weighted by Crippen LogP contribution is 2.24. The predicted octanol–water partition coefficient (Wildman–Crippen LogP) is 4.70. The Morgan fingerprint density at radius 2 is 1.68 bits per heavy atom. The smallest absolute Gasteiger partial charge is 0.306 e. The van der Waals surface area contributed by atoms with Gasteiger partial charge in [0.15, 0.2) is 6.10 Å². The van der Waals surface area contributed by atoms with E-state index in [1.54, 1.807) is 6.92 Å². The fourth-order valence-electron chi connectivity index (χ4n) is 3.68. The third-order valence-corrected chi connectivity index (χ3v) is 5.09. The Morgan fingerprint density at radius 3 is 2.46 bits per heavy atom. The quantitative estimate of drug-likeness (QED) is 0.379. The summed E-state index contributed by atoms with van der Waals surface area (Å²) >= 11 is 0. The molecule has 0 aliphatic carbocycles. The van der Waals surface area contributed by atoms with Crippen molar-refractivity contribution in [3.8, 4) is 0 Å². The number of benzene rings is 2. The lowest BCUT2D eigenvalue weighted by Gasteiger charge is -2.12. The first-order valence-corrected chi connectivity index (χ1v) is 9.40. The molecular formula is C23H22N2O3. The minimum Gasteiger partial charge on any atom is -0.454 e. The second-order valence-electron chi connectivity index (χ2n) is 7.03. The number of esters is 1. The number of Topliss-reactive ketones (excluding diaryl/α,β-unsaturated/α-hetero) is 1. The first-order valence-electron chi connectivity index (χ1n) is 9.40. The highest BCUT2D eigenvalue weighted by molar-refractivity contribution is 6.11. The van der Waals surface area contributed by atoms with E-state index in [1.807, 2.05) is 61.7 Å². The van der Waals surface area contributed by atoms with E-state index in [0.29, 0.717) is 12.0 Å². The van der Waals surface area contributed by atoms with E-state index < -0.39 is 6.10 Å². The second kappa shape index (κ2) is 7.35. The molecule has 2 N–H and O–H groups in total. The number of H-pyrrole nitrogens is 2. The standard InChI is InChI=1S/C23H22N2O3/c1-14-22(18-8-4-6-10-20(18)25-14)23(27)15(2)28-21(26)12-11-16-13-24-19-9-5-3-7-17(16)19/h3-10,13,15,24-25H,11-12H2,1-2H3/t15-/m1/s1. The molecular weight excluding hydrogens is 352 g/mol. The van der Waals surface area contributed by atoms with Gasteiger partial charge in [0.1, 0.15) is 0 Å². The molecule has 0 aliphatic heterocycles. The van der Waals surface area contributed by atoms with Crippen LogP contribution in [0.1, 0.15) is 35.0 Å².